The third-order valence-corrected chi connectivity index (χ3v) is 3.04. The molecule has 2 aromatic carbocycles. The van der Waals surface area contributed by atoms with Crippen LogP contribution < -0.4 is 5.73 Å². The van der Waals surface area contributed by atoms with Crippen LogP contribution in [-0.2, 0) is 0 Å². The van der Waals surface area contributed by atoms with Crippen LogP contribution in [-0.4, -0.2) is 10.1 Å². The summed E-state index contributed by atoms with van der Waals surface area (Å²) in [5.74, 6) is 1.07. The normalized spacial score (nSPS) is 10.7. The number of nitrogens with zero attached hydrogens (tertiary/aromatic N) is 2. The van der Waals surface area contributed by atoms with Crippen molar-refractivity contribution in [1.29, 1.82) is 0 Å². The number of benzene rings is 2. The summed E-state index contributed by atoms with van der Waals surface area (Å²) in [6.45, 7) is 4.09. The molecule has 0 amide bonds. The van der Waals surface area contributed by atoms with Crippen LogP contribution >= 0.6 is 0 Å². The van der Waals surface area contributed by atoms with Gasteiger partial charge in [0.25, 0.3) is 5.89 Å². The highest BCUT2D eigenvalue weighted by molar-refractivity contribution is 5.63. The van der Waals surface area contributed by atoms with Crippen LogP contribution in [0.4, 0.5) is 5.69 Å². The largest absolute Gasteiger partial charge is 0.399 e. The topological polar surface area (TPSA) is 64.9 Å². The lowest BCUT2D eigenvalue weighted by atomic mass is 10.1. The number of nitrogens with two attached hydrogens (primary N) is 1. The van der Waals surface area contributed by atoms with E-state index in [-0.39, 0.29) is 0 Å². The van der Waals surface area contributed by atoms with E-state index in [0.717, 1.165) is 11.1 Å². The minimum Gasteiger partial charge on any atom is -0.399 e. The molecule has 2 N–H and O–H groups in total. The maximum Gasteiger partial charge on any atom is 0.258 e. The van der Waals surface area contributed by atoms with Crippen molar-refractivity contribution < 1.29 is 4.52 Å². The van der Waals surface area contributed by atoms with Gasteiger partial charge in [0.05, 0.1) is 0 Å². The van der Waals surface area contributed by atoms with Crippen LogP contribution in [0.3, 0.4) is 0 Å². The van der Waals surface area contributed by atoms with Crippen LogP contribution in [0.2, 0.25) is 0 Å². The summed E-state index contributed by atoms with van der Waals surface area (Å²) >= 11 is 0. The van der Waals surface area contributed by atoms with E-state index < -0.39 is 0 Å². The Morgan fingerprint density at radius 1 is 0.950 bits per heavy atom. The molecular weight excluding hydrogens is 250 g/mol. The third kappa shape index (κ3) is 2.40. The molecule has 0 unspecified atom stereocenters. The molecule has 1 heterocycles. The van der Waals surface area contributed by atoms with Gasteiger partial charge < -0.3 is 10.3 Å². The number of hydrogen-bond donors (Lipinski definition) is 1. The van der Waals surface area contributed by atoms with Crippen LogP contribution in [0.15, 0.2) is 47.0 Å². The molecule has 4 nitrogen and oxygen atoms in total. The van der Waals surface area contributed by atoms with Crippen molar-refractivity contribution >= 4 is 5.69 Å². The average molecular weight is 265 g/mol. The van der Waals surface area contributed by atoms with E-state index in [0.29, 0.717) is 17.4 Å². The van der Waals surface area contributed by atoms with E-state index in [2.05, 4.69) is 16.2 Å². The lowest BCUT2D eigenvalue weighted by molar-refractivity contribution is 0.432. The Morgan fingerprint density at radius 3 is 2.40 bits per heavy atom. The van der Waals surface area contributed by atoms with Crippen LogP contribution in [0.25, 0.3) is 22.8 Å². The van der Waals surface area contributed by atoms with Crippen molar-refractivity contribution in [2.75, 3.05) is 5.73 Å². The van der Waals surface area contributed by atoms with Crippen molar-refractivity contribution in [3.8, 4) is 22.8 Å². The molecule has 3 rings (SSSR count). The highest BCUT2D eigenvalue weighted by atomic mass is 16.5. The lowest BCUT2D eigenvalue weighted by Gasteiger charge is -1.99. The fraction of sp³-hybridized carbons (Fsp3) is 0.125. The van der Waals surface area contributed by atoms with Gasteiger partial charge >= 0.3 is 0 Å². The van der Waals surface area contributed by atoms with E-state index >= 15 is 0 Å². The van der Waals surface area contributed by atoms with Gasteiger partial charge in [-0.1, -0.05) is 34.5 Å². The van der Waals surface area contributed by atoms with E-state index in [1.54, 1.807) is 0 Å². The fourth-order valence-electron chi connectivity index (χ4n) is 2.23. The Hall–Kier alpha value is -2.62. The predicted octanol–water partition coefficient (Wildman–Crippen LogP) is 3.60. The molecule has 0 saturated heterocycles. The Labute approximate surface area is 117 Å². The quantitative estimate of drug-likeness (QED) is 0.719. The molecule has 0 aliphatic rings. The second-order valence-electron chi connectivity index (χ2n) is 4.92. The number of hydrogen-bond acceptors (Lipinski definition) is 4. The monoisotopic (exact) mass is 265 g/mol. The molecule has 0 aliphatic carbocycles. The molecule has 100 valence electrons. The number of nitrogen functional groups attached to an aromatic ring is 1. The van der Waals surface area contributed by atoms with Gasteiger partial charge in [-0.25, -0.2) is 0 Å². The summed E-state index contributed by atoms with van der Waals surface area (Å²) < 4.78 is 5.35. The van der Waals surface area contributed by atoms with Crippen LogP contribution in [0.1, 0.15) is 11.1 Å². The molecule has 0 saturated carbocycles. The summed E-state index contributed by atoms with van der Waals surface area (Å²) in [6.07, 6.45) is 0. The standard InChI is InChI=1S/C16H15N3O/c1-10-6-11(2)8-13(7-10)16-18-15(19-20-16)12-4-3-5-14(17)9-12/h3-9H,17H2,1-2H3. The molecule has 0 fully saturated rings. The Kier molecular flexibility index (Phi) is 2.99. The van der Waals surface area contributed by atoms with Gasteiger partial charge in [-0.15, -0.1) is 0 Å². The Morgan fingerprint density at radius 2 is 1.70 bits per heavy atom. The van der Waals surface area contributed by atoms with Crippen molar-refractivity contribution in [2.24, 2.45) is 0 Å². The first-order chi connectivity index (χ1) is 9.61. The molecule has 1 aromatic heterocycles. The SMILES string of the molecule is Cc1cc(C)cc(-c2nc(-c3cccc(N)c3)no2)c1. The van der Waals surface area contributed by atoms with Crippen LogP contribution in [0, 0.1) is 13.8 Å². The maximum atomic E-state index is 5.77. The van der Waals surface area contributed by atoms with Gasteiger partial charge in [0, 0.05) is 16.8 Å². The second kappa shape index (κ2) is 4.81. The first-order valence-electron chi connectivity index (χ1n) is 6.40. The number of aromatic nitrogens is 2. The molecule has 20 heavy (non-hydrogen) atoms. The molecule has 4 heteroatoms. The van der Waals surface area contributed by atoms with E-state index in [1.807, 2.05) is 50.2 Å². The molecule has 0 radical (unpaired) electrons. The first kappa shape index (κ1) is 12.4. The summed E-state index contributed by atoms with van der Waals surface area (Å²) in [7, 11) is 0. The van der Waals surface area contributed by atoms with Crippen molar-refractivity contribution in [3.05, 3.63) is 53.6 Å². The predicted molar refractivity (Wildman–Crippen MR) is 79.1 cm³/mol. The van der Waals surface area contributed by atoms with Crippen LogP contribution in [0.5, 0.6) is 0 Å². The molecule has 0 aliphatic heterocycles. The smallest absolute Gasteiger partial charge is 0.258 e. The number of rotatable bonds is 2. The molecule has 0 atom stereocenters. The van der Waals surface area contributed by atoms with Crippen molar-refractivity contribution in [1.82, 2.24) is 10.1 Å². The molecule has 3 aromatic rings. The highest BCUT2D eigenvalue weighted by Gasteiger charge is 2.11. The minimum atomic E-state index is 0.522. The zero-order valence-corrected chi connectivity index (χ0v) is 11.4. The third-order valence-electron chi connectivity index (χ3n) is 3.04. The molecular formula is C16H15N3O. The Bertz CT molecular complexity index is 742. The maximum absolute atomic E-state index is 5.77. The van der Waals surface area contributed by atoms with Gasteiger partial charge in [-0.3, -0.25) is 0 Å². The van der Waals surface area contributed by atoms with Gasteiger partial charge in [0.2, 0.25) is 5.82 Å². The van der Waals surface area contributed by atoms with E-state index in [9.17, 15) is 0 Å². The van der Waals surface area contributed by atoms with Crippen molar-refractivity contribution in [3.63, 3.8) is 0 Å². The van der Waals surface area contributed by atoms with Gasteiger partial charge in [0.1, 0.15) is 0 Å². The molecule has 0 bridgehead atoms. The minimum absolute atomic E-state index is 0.522. The fourth-order valence-corrected chi connectivity index (χ4v) is 2.23. The number of anilines is 1. The van der Waals surface area contributed by atoms with E-state index in [4.69, 9.17) is 10.3 Å². The number of aryl methyl sites for hydroxylation is 2. The van der Waals surface area contributed by atoms with Gasteiger partial charge in [0.15, 0.2) is 0 Å². The van der Waals surface area contributed by atoms with Crippen molar-refractivity contribution in [2.45, 2.75) is 13.8 Å². The average Bonchev–Trinajstić information content (AvgIpc) is 2.87. The Balaban J connectivity index is 2.02. The molecule has 0 spiro atoms. The summed E-state index contributed by atoms with van der Waals surface area (Å²) in [5.41, 5.74) is 10.6. The lowest BCUT2D eigenvalue weighted by Crippen LogP contribution is -1.86. The van der Waals surface area contributed by atoms with E-state index in [1.165, 1.54) is 11.1 Å². The van der Waals surface area contributed by atoms with Gasteiger partial charge in [-0.2, -0.15) is 4.98 Å². The summed E-state index contributed by atoms with van der Waals surface area (Å²) in [5, 5.41) is 4.02. The zero-order chi connectivity index (χ0) is 14.1. The first-order valence-corrected chi connectivity index (χ1v) is 6.40. The highest BCUT2D eigenvalue weighted by Crippen LogP contribution is 2.24. The summed E-state index contributed by atoms with van der Waals surface area (Å²) in [4.78, 5) is 4.44. The van der Waals surface area contributed by atoms with Gasteiger partial charge in [-0.05, 0) is 38.1 Å². The zero-order valence-electron chi connectivity index (χ0n) is 11.4. The second-order valence-corrected chi connectivity index (χ2v) is 4.92. The summed E-state index contributed by atoms with van der Waals surface area (Å²) in [6, 6.07) is 13.6.